The molecule has 1 amide bonds. The number of benzene rings is 1. The predicted octanol–water partition coefficient (Wildman–Crippen LogP) is 5.51. The normalized spacial score (nSPS) is 12.5. The molecule has 0 saturated carbocycles. The van der Waals surface area contributed by atoms with Crippen LogP contribution in [0, 0.1) is 0 Å². The number of rotatable bonds is 12. The van der Waals surface area contributed by atoms with Gasteiger partial charge in [-0.25, -0.2) is 4.79 Å². The number of carbonyl (C=O) groups is 2. The van der Waals surface area contributed by atoms with E-state index >= 15 is 0 Å². The molecule has 0 aromatic heterocycles. The van der Waals surface area contributed by atoms with Crippen LogP contribution in [0.25, 0.3) is 0 Å². The average Bonchev–Trinajstić information content (AvgIpc) is 2.65. The number of nitrogens with one attached hydrogen (secondary N) is 1. The van der Waals surface area contributed by atoms with Gasteiger partial charge in [0.25, 0.3) is 5.91 Å². The molecule has 0 radical (unpaired) electrons. The molecule has 0 fully saturated rings. The first-order valence-corrected chi connectivity index (χ1v) is 9.90. The van der Waals surface area contributed by atoms with E-state index in [2.05, 4.69) is 12.2 Å². The number of unbranched alkanes of at least 4 members (excludes halogenated alkanes) is 7. The van der Waals surface area contributed by atoms with Gasteiger partial charge in [-0.1, -0.05) is 57.9 Å². The highest BCUT2D eigenvalue weighted by Gasteiger charge is 2.31. The van der Waals surface area contributed by atoms with Crippen molar-refractivity contribution in [1.82, 2.24) is 5.32 Å². The summed E-state index contributed by atoms with van der Waals surface area (Å²) in [6, 6.07) is 3.13. The van der Waals surface area contributed by atoms with Crippen LogP contribution < -0.4 is 5.32 Å². The van der Waals surface area contributed by atoms with Crippen LogP contribution in [0.1, 0.15) is 81.1 Å². The third-order valence-corrected chi connectivity index (χ3v) is 4.40. The average molecular weight is 401 g/mol. The van der Waals surface area contributed by atoms with Crippen molar-refractivity contribution < 1.29 is 27.5 Å². The number of amides is 1. The first kappa shape index (κ1) is 24.0. The monoisotopic (exact) mass is 401 g/mol. The second kappa shape index (κ2) is 12.4. The van der Waals surface area contributed by atoms with Crippen molar-refractivity contribution in [3.05, 3.63) is 35.4 Å². The van der Waals surface area contributed by atoms with E-state index in [-0.39, 0.29) is 12.2 Å². The fraction of sp³-hybridized carbons (Fsp3) is 0.619. The molecule has 0 spiro atoms. The van der Waals surface area contributed by atoms with Gasteiger partial charge in [0.2, 0.25) is 0 Å². The van der Waals surface area contributed by atoms with Gasteiger partial charge >= 0.3 is 12.1 Å². The fourth-order valence-corrected chi connectivity index (χ4v) is 2.71. The summed E-state index contributed by atoms with van der Waals surface area (Å²) in [5, 5.41) is 2.37. The number of hydrogen-bond donors (Lipinski definition) is 1. The number of hydrogen-bond acceptors (Lipinski definition) is 3. The van der Waals surface area contributed by atoms with Crippen LogP contribution in [0.3, 0.4) is 0 Å². The second-order valence-corrected chi connectivity index (χ2v) is 6.92. The Labute approximate surface area is 164 Å². The maximum absolute atomic E-state index is 12.7. The summed E-state index contributed by atoms with van der Waals surface area (Å²) in [5.74, 6) is -1.34. The van der Waals surface area contributed by atoms with Crippen LogP contribution in [-0.2, 0) is 15.7 Å². The van der Waals surface area contributed by atoms with E-state index in [4.69, 9.17) is 4.74 Å². The minimum atomic E-state index is -4.53. The Morgan fingerprint density at radius 3 is 2.25 bits per heavy atom. The lowest BCUT2D eigenvalue weighted by molar-refractivity contribution is -0.145. The summed E-state index contributed by atoms with van der Waals surface area (Å²) in [5.41, 5.74) is -1.07. The third-order valence-electron chi connectivity index (χ3n) is 4.40. The zero-order valence-electron chi connectivity index (χ0n) is 16.6. The number of alkyl halides is 3. The summed E-state index contributed by atoms with van der Waals surface area (Å²) in [6.45, 7) is 3.90. The van der Waals surface area contributed by atoms with Gasteiger partial charge in [0.1, 0.15) is 6.04 Å². The third kappa shape index (κ3) is 9.24. The molecule has 1 N–H and O–H groups in total. The van der Waals surface area contributed by atoms with Crippen molar-refractivity contribution in [2.45, 2.75) is 77.4 Å². The minimum absolute atomic E-state index is 0.155. The summed E-state index contributed by atoms with van der Waals surface area (Å²) in [6.07, 6.45) is 4.45. The molecule has 0 aliphatic rings. The molecule has 158 valence electrons. The molecular weight excluding hydrogens is 371 g/mol. The van der Waals surface area contributed by atoms with Gasteiger partial charge in [-0.2, -0.15) is 13.2 Å². The van der Waals surface area contributed by atoms with E-state index in [9.17, 15) is 22.8 Å². The Balaban J connectivity index is 2.30. The summed E-state index contributed by atoms with van der Waals surface area (Å²) in [4.78, 5) is 24.0. The van der Waals surface area contributed by atoms with Gasteiger partial charge in [-0.15, -0.1) is 0 Å². The van der Waals surface area contributed by atoms with Crippen molar-refractivity contribution in [3.63, 3.8) is 0 Å². The van der Waals surface area contributed by atoms with E-state index in [1.54, 1.807) is 0 Å². The molecule has 7 heteroatoms. The van der Waals surface area contributed by atoms with Gasteiger partial charge in [0.15, 0.2) is 0 Å². The first-order valence-electron chi connectivity index (χ1n) is 9.90. The number of esters is 1. The maximum atomic E-state index is 12.7. The second-order valence-electron chi connectivity index (χ2n) is 6.92. The molecule has 0 unspecified atom stereocenters. The highest BCUT2D eigenvalue weighted by atomic mass is 19.4. The van der Waals surface area contributed by atoms with Gasteiger partial charge < -0.3 is 10.1 Å². The SMILES string of the molecule is CCCCCCCCCCOC(=O)[C@H](C)NC(=O)c1cccc(C(F)(F)F)c1. The molecule has 1 aromatic rings. The van der Waals surface area contributed by atoms with Crippen LogP contribution in [0.4, 0.5) is 13.2 Å². The van der Waals surface area contributed by atoms with Crippen LogP contribution >= 0.6 is 0 Å². The topological polar surface area (TPSA) is 55.4 Å². The molecule has 0 aliphatic heterocycles. The number of ether oxygens (including phenoxy) is 1. The Hall–Kier alpha value is -2.05. The standard InChI is InChI=1S/C21H30F3NO3/c1-3-4-5-6-7-8-9-10-14-28-20(27)16(2)25-19(26)17-12-11-13-18(15-17)21(22,23)24/h11-13,15-16H,3-10,14H2,1-2H3,(H,25,26)/t16-/m0/s1. The molecular formula is C21H30F3NO3. The van der Waals surface area contributed by atoms with Gasteiger partial charge in [-0.3, -0.25) is 4.79 Å². The fourth-order valence-electron chi connectivity index (χ4n) is 2.71. The van der Waals surface area contributed by atoms with Crippen LogP contribution in [0.5, 0.6) is 0 Å². The molecule has 4 nitrogen and oxygen atoms in total. The van der Waals surface area contributed by atoms with E-state index < -0.39 is 29.7 Å². The van der Waals surface area contributed by atoms with Crippen molar-refractivity contribution in [1.29, 1.82) is 0 Å². The van der Waals surface area contributed by atoms with Gasteiger partial charge in [0.05, 0.1) is 12.2 Å². The van der Waals surface area contributed by atoms with Gasteiger partial charge in [0, 0.05) is 5.56 Å². The van der Waals surface area contributed by atoms with E-state index in [1.165, 1.54) is 45.1 Å². The van der Waals surface area contributed by atoms with Crippen molar-refractivity contribution in [2.75, 3.05) is 6.61 Å². The Morgan fingerprint density at radius 2 is 1.64 bits per heavy atom. The highest BCUT2D eigenvalue weighted by molar-refractivity contribution is 5.96. The molecule has 1 rings (SSSR count). The Kier molecular flexibility index (Phi) is 10.6. The zero-order chi connectivity index (χ0) is 21.0. The number of halogens is 3. The Bertz CT molecular complexity index is 617. The van der Waals surface area contributed by atoms with E-state index in [0.717, 1.165) is 37.5 Å². The van der Waals surface area contributed by atoms with Crippen molar-refractivity contribution in [3.8, 4) is 0 Å². The van der Waals surface area contributed by atoms with Crippen molar-refractivity contribution in [2.24, 2.45) is 0 Å². The van der Waals surface area contributed by atoms with Crippen LogP contribution in [0.15, 0.2) is 24.3 Å². The molecule has 0 bridgehead atoms. The predicted molar refractivity (Wildman–Crippen MR) is 102 cm³/mol. The summed E-state index contributed by atoms with van der Waals surface area (Å²) >= 11 is 0. The summed E-state index contributed by atoms with van der Waals surface area (Å²) in [7, 11) is 0. The van der Waals surface area contributed by atoms with Crippen LogP contribution in [0.2, 0.25) is 0 Å². The first-order chi connectivity index (χ1) is 13.3. The molecule has 28 heavy (non-hydrogen) atoms. The van der Waals surface area contributed by atoms with Crippen molar-refractivity contribution >= 4 is 11.9 Å². The molecule has 1 atom stereocenters. The van der Waals surface area contributed by atoms with Crippen LogP contribution in [-0.4, -0.2) is 24.5 Å². The smallest absolute Gasteiger partial charge is 0.416 e. The Morgan fingerprint density at radius 1 is 1.04 bits per heavy atom. The lowest BCUT2D eigenvalue weighted by Gasteiger charge is -2.14. The highest BCUT2D eigenvalue weighted by Crippen LogP contribution is 2.29. The zero-order valence-corrected chi connectivity index (χ0v) is 16.6. The molecule has 1 aromatic carbocycles. The van der Waals surface area contributed by atoms with Gasteiger partial charge in [-0.05, 0) is 31.5 Å². The largest absolute Gasteiger partial charge is 0.464 e. The minimum Gasteiger partial charge on any atom is -0.464 e. The summed E-state index contributed by atoms with van der Waals surface area (Å²) < 4.78 is 43.3. The molecule has 0 saturated heterocycles. The lowest BCUT2D eigenvalue weighted by Crippen LogP contribution is -2.39. The molecule has 0 heterocycles. The number of carbonyl (C=O) groups excluding carboxylic acids is 2. The maximum Gasteiger partial charge on any atom is 0.416 e. The lowest BCUT2D eigenvalue weighted by atomic mass is 10.1. The van der Waals surface area contributed by atoms with E-state index in [1.807, 2.05) is 0 Å². The van der Waals surface area contributed by atoms with E-state index in [0.29, 0.717) is 0 Å². The quantitative estimate of drug-likeness (QED) is 0.371. The molecule has 0 aliphatic carbocycles.